The zero-order chi connectivity index (χ0) is 32.1. The van der Waals surface area contributed by atoms with Gasteiger partial charge in [0.1, 0.15) is 22.1 Å². The van der Waals surface area contributed by atoms with Crippen molar-refractivity contribution < 1.29 is 27.4 Å². The molecular weight excluding hydrogens is 606 g/mol. The molecule has 12 heteroatoms. The van der Waals surface area contributed by atoms with E-state index in [1.165, 1.54) is 6.07 Å². The first-order valence-electron chi connectivity index (χ1n) is 14.6. The first-order chi connectivity index (χ1) is 22.3. The fourth-order valence-corrected chi connectivity index (χ4v) is 6.47. The van der Waals surface area contributed by atoms with Crippen molar-refractivity contribution in [3.05, 3.63) is 109 Å². The van der Waals surface area contributed by atoms with Crippen LogP contribution in [0.1, 0.15) is 10.4 Å². The van der Waals surface area contributed by atoms with E-state index >= 15 is 0 Å². The van der Waals surface area contributed by atoms with E-state index in [-0.39, 0.29) is 4.90 Å². The number of carbonyl (C=O) groups excluding carboxylic acids is 1. The van der Waals surface area contributed by atoms with Crippen molar-refractivity contribution in [2.24, 2.45) is 0 Å². The van der Waals surface area contributed by atoms with Crippen LogP contribution in [-0.4, -0.2) is 64.6 Å². The van der Waals surface area contributed by atoms with Crippen molar-refractivity contribution in [1.82, 2.24) is 9.78 Å². The highest BCUT2D eigenvalue weighted by Crippen LogP contribution is 2.32. The lowest BCUT2D eigenvalue weighted by molar-refractivity contribution is 0.102. The molecular formula is C34H33N5O6S. The number of rotatable bonds is 10. The maximum atomic E-state index is 13.9. The molecule has 5 aromatic rings. The Morgan fingerprint density at radius 2 is 1.46 bits per heavy atom. The molecule has 2 N–H and O–H groups in total. The number of carbonyl (C=O) groups is 1. The number of methoxy groups -OCH3 is 2. The lowest BCUT2D eigenvalue weighted by Crippen LogP contribution is -2.37. The molecule has 0 saturated carbocycles. The third-order valence-corrected chi connectivity index (χ3v) is 8.95. The van der Waals surface area contributed by atoms with Crippen molar-refractivity contribution in [3.63, 3.8) is 0 Å². The van der Waals surface area contributed by atoms with Gasteiger partial charge in [-0.15, -0.1) is 0 Å². The van der Waals surface area contributed by atoms with Gasteiger partial charge in [-0.05, 0) is 78.9 Å². The molecule has 4 aromatic carbocycles. The second kappa shape index (κ2) is 13.3. The first-order valence-corrected chi connectivity index (χ1v) is 16.1. The number of nitrogens with zero attached hydrogens (tertiary/aromatic N) is 3. The third kappa shape index (κ3) is 6.67. The standard InChI is InChI=1S/C34H33N5O6S/c1-43-28-13-8-24(9-14-28)33-30(23-39(36-33)27-6-4-3-5-7-27)34(40)35-26-12-17-31(38-18-20-45-21-19-38)32(22-26)46(41,42)37-25-10-15-29(44-2)16-11-25/h3-17,22-23,37H,18-21H2,1-2H3,(H,35,40). The molecule has 6 rings (SSSR count). The molecule has 0 unspecified atom stereocenters. The Morgan fingerprint density at radius 1 is 0.826 bits per heavy atom. The van der Waals surface area contributed by atoms with E-state index in [2.05, 4.69) is 10.0 Å². The van der Waals surface area contributed by atoms with E-state index in [0.717, 1.165) is 11.3 Å². The number of benzene rings is 4. The molecule has 1 fully saturated rings. The number of aromatic nitrogens is 2. The van der Waals surface area contributed by atoms with E-state index in [0.29, 0.717) is 66.1 Å². The van der Waals surface area contributed by atoms with E-state index in [9.17, 15) is 13.2 Å². The summed E-state index contributed by atoms with van der Waals surface area (Å²) in [5.74, 6) is 0.833. The molecule has 0 bridgehead atoms. The van der Waals surface area contributed by atoms with Crippen molar-refractivity contribution >= 4 is 33.0 Å². The Labute approximate surface area is 267 Å². The summed E-state index contributed by atoms with van der Waals surface area (Å²) >= 11 is 0. The van der Waals surface area contributed by atoms with Crippen LogP contribution < -0.4 is 24.4 Å². The second-order valence-corrected chi connectivity index (χ2v) is 12.1. The molecule has 1 aromatic heterocycles. The number of amides is 1. The lowest BCUT2D eigenvalue weighted by atomic mass is 10.1. The van der Waals surface area contributed by atoms with Gasteiger partial charge in [-0.2, -0.15) is 5.10 Å². The highest BCUT2D eigenvalue weighted by atomic mass is 32.2. The highest BCUT2D eigenvalue weighted by Gasteiger charge is 2.26. The van der Waals surface area contributed by atoms with Crippen LogP contribution in [0.5, 0.6) is 11.5 Å². The summed E-state index contributed by atoms with van der Waals surface area (Å²) in [6, 6.07) is 28.2. The summed E-state index contributed by atoms with van der Waals surface area (Å²) in [5, 5.41) is 7.65. The minimum Gasteiger partial charge on any atom is -0.497 e. The van der Waals surface area contributed by atoms with E-state index in [4.69, 9.17) is 19.3 Å². The van der Waals surface area contributed by atoms with E-state index < -0.39 is 15.9 Å². The van der Waals surface area contributed by atoms with Gasteiger partial charge >= 0.3 is 0 Å². The van der Waals surface area contributed by atoms with Crippen molar-refractivity contribution in [2.45, 2.75) is 4.90 Å². The van der Waals surface area contributed by atoms with Crippen LogP contribution in [-0.2, 0) is 14.8 Å². The molecule has 2 heterocycles. The van der Waals surface area contributed by atoms with Gasteiger partial charge in [0.2, 0.25) is 0 Å². The molecule has 1 saturated heterocycles. The maximum Gasteiger partial charge on any atom is 0.264 e. The van der Waals surface area contributed by atoms with Crippen molar-refractivity contribution in [2.75, 3.05) is 55.5 Å². The number of nitrogens with one attached hydrogen (secondary N) is 2. The maximum absolute atomic E-state index is 13.9. The van der Waals surface area contributed by atoms with Crippen LogP contribution in [0.25, 0.3) is 16.9 Å². The number of morpholine rings is 1. The predicted octanol–water partition coefficient (Wildman–Crippen LogP) is 5.45. The summed E-state index contributed by atoms with van der Waals surface area (Å²) in [6.07, 6.45) is 1.66. The Morgan fingerprint density at radius 3 is 2.11 bits per heavy atom. The Bertz CT molecular complexity index is 1920. The zero-order valence-electron chi connectivity index (χ0n) is 25.3. The molecule has 0 atom stereocenters. The van der Waals surface area contributed by atoms with Crippen molar-refractivity contribution in [3.8, 4) is 28.4 Å². The quantitative estimate of drug-likeness (QED) is 0.207. The van der Waals surface area contributed by atoms with Gasteiger partial charge in [0.25, 0.3) is 15.9 Å². The van der Waals surface area contributed by atoms with Crippen LogP contribution in [0.4, 0.5) is 17.1 Å². The van der Waals surface area contributed by atoms with Crippen LogP contribution >= 0.6 is 0 Å². The molecule has 0 aliphatic carbocycles. The number of ether oxygens (including phenoxy) is 3. The topological polar surface area (TPSA) is 124 Å². The van der Waals surface area contributed by atoms with Crippen LogP contribution in [0, 0.1) is 0 Å². The molecule has 46 heavy (non-hydrogen) atoms. The van der Waals surface area contributed by atoms with Gasteiger partial charge in [-0.25, -0.2) is 13.1 Å². The molecule has 236 valence electrons. The second-order valence-electron chi connectivity index (χ2n) is 10.5. The van der Waals surface area contributed by atoms with Gasteiger partial charge in [0.05, 0.1) is 44.4 Å². The first kappa shape index (κ1) is 30.7. The number of hydrogen-bond acceptors (Lipinski definition) is 8. The molecule has 1 amide bonds. The van der Waals surface area contributed by atoms with Gasteiger partial charge in [-0.3, -0.25) is 9.52 Å². The summed E-state index contributed by atoms with van der Waals surface area (Å²) in [7, 11) is -0.950. The van der Waals surface area contributed by atoms with Gasteiger partial charge in [0, 0.05) is 36.2 Å². The van der Waals surface area contributed by atoms with Gasteiger partial charge in [-0.1, -0.05) is 18.2 Å². The number of sulfonamides is 1. The average Bonchev–Trinajstić information content (AvgIpc) is 3.55. The normalized spacial score (nSPS) is 13.2. The monoisotopic (exact) mass is 639 g/mol. The largest absolute Gasteiger partial charge is 0.497 e. The van der Waals surface area contributed by atoms with Crippen LogP contribution in [0.15, 0.2) is 108 Å². The molecule has 1 aliphatic heterocycles. The van der Waals surface area contributed by atoms with E-state index in [1.807, 2.05) is 47.4 Å². The Balaban J connectivity index is 1.36. The summed E-state index contributed by atoms with van der Waals surface area (Å²) < 4.78 is 48.0. The van der Waals surface area contributed by atoms with Crippen LogP contribution in [0.2, 0.25) is 0 Å². The molecule has 0 spiro atoms. The molecule has 1 aliphatic rings. The fraction of sp³-hybridized carbons (Fsp3) is 0.176. The summed E-state index contributed by atoms with van der Waals surface area (Å²) in [5.41, 5.74) is 3.47. The minimum absolute atomic E-state index is 0.0263. The van der Waals surface area contributed by atoms with Crippen molar-refractivity contribution in [1.29, 1.82) is 0 Å². The average molecular weight is 640 g/mol. The van der Waals surface area contributed by atoms with Gasteiger partial charge in [0.15, 0.2) is 0 Å². The van der Waals surface area contributed by atoms with Crippen LogP contribution in [0.3, 0.4) is 0 Å². The highest BCUT2D eigenvalue weighted by molar-refractivity contribution is 7.92. The zero-order valence-corrected chi connectivity index (χ0v) is 26.2. The van der Waals surface area contributed by atoms with E-state index in [1.54, 1.807) is 73.6 Å². The minimum atomic E-state index is -4.08. The smallest absolute Gasteiger partial charge is 0.264 e. The fourth-order valence-electron chi connectivity index (χ4n) is 5.16. The van der Waals surface area contributed by atoms with Gasteiger partial charge < -0.3 is 24.4 Å². The molecule has 0 radical (unpaired) electrons. The summed E-state index contributed by atoms with van der Waals surface area (Å²) in [6.45, 7) is 2.01. The number of anilines is 3. The third-order valence-electron chi connectivity index (χ3n) is 7.54. The predicted molar refractivity (Wildman–Crippen MR) is 177 cm³/mol. The SMILES string of the molecule is COc1ccc(NS(=O)(=O)c2cc(NC(=O)c3cn(-c4ccccc4)nc3-c3ccc(OC)cc3)ccc2N2CCOCC2)cc1. The number of para-hydroxylation sites is 1. The summed E-state index contributed by atoms with van der Waals surface area (Å²) in [4.78, 5) is 15.9. The Hall–Kier alpha value is -5.33. The lowest BCUT2D eigenvalue weighted by Gasteiger charge is -2.30. The number of hydrogen-bond donors (Lipinski definition) is 2. The molecule has 11 nitrogen and oxygen atoms in total. The Kier molecular flexibility index (Phi) is 8.90.